The van der Waals surface area contributed by atoms with Crippen molar-refractivity contribution in [3.05, 3.63) is 144 Å². The van der Waals surface area contributed by atoms with Crippen LogP contribution in [-0.4, -0.2) is 50.1 Å². The average molecular weight is 661 g/mol. The molecule has 0 spiro atoms. The second kappa shape index (κ2) is 18.4. The van der Waals surface area contributed by atoms with Crippen LogP contribution in [-0.2, 0) is 63.7 Å². The van der Waals surface area contributed by atoms with Gasteiger partial charge in [-0.2, -0.15) is 0 Å². The Bertz CT molecular complexity index is 1470. The predicted molar refractivity (Wildman–Crippen MR) is 181 cm³/mol. The molecular weight excluding hydrogens is 615 g/mol. The van der Waals surface area contributed by atoms with Crippen LogP contribution in [0.25, 0.3) is 0 Å². The van der Waals surface area contributed by atoms with Crippen molar-refractivity contribution in [2.24, 2.45) is 0 Å². The van der Waals surface area contributed by atoms with E-state index in [9.17, 15) is 4.57 Å². The van der Waals surface area contributed by atoms with E-state index in [-0.39, 0.29) is 33.0 Å². The van der Waals surface area contributed by atoms with Gasteiger partial charge < -0.3 is 32.7 Å². The Morgan fingerprint density at radius 1 is 0.532 bits per heavy atom. The summed E-state index contributed by atoms with van der Waals surface area (Å²) in [5.41, 5.74) is 3.95. The minimum atomic E-state index is -3.87. The molecular formula is C38H45O8P. The fraction of sp³-hybridized carbons (Fsp3) is 0.368. The molecule has 0 saturated carbocycles. The van der Waals surface area contributed by atoms with E-state index in [0.717, 1.165) is 22.3 Å². The van der Waals surface area contributed by atoms with Crippen molar-refractivity contribution < 1.29 is 37.3 Å². The molecule has 1 fully saturated rings. The lowest BCUT2D eigenvalue weighted by atomic mass is 9.98. The molecule has 250 valence electrons. The maximum atomic E-state index is 14.6. The number of ether oxygens (including phenoxy) is 5. The fourth-order valence-corrected chi connectivity index (χ4v) is 7.57. The van der Waals surface area contributed by atoms with E-state index in [2.05, 4.69) is 0 Å². The van der Waals surface area contributed by atoms with Crippen molar-refractivity contribution in [1.82, 2.24) is 0 Å². The van der Waals surface area contributed by atoms with Crippen molar-refractivity contribution in [2.45, 2.75) is 70.5 Å². The minimum Gasteiger partial charge on any atom is -0.374 e. The zero-order valence-corrected chi connectivity index (χ0v) is 28.0. The molecule has 47 heavy (non-hydrogen) atoms. The first-order valence-corrected chi connectivity index (χ1v) is 17.8. The van der Waals surface area contributed by atoms with Gasteiger partial charge in [0.1, 0.15) is 24.4 Å². The summed E-state index contributed by atoms with van der Waals surface area (Å²) in [4.78, 5) is 0. The Morgan fingerprint density at radius 3 is 1.34 bits per heavy atom. The fourth-order valence-electron chi connectivity index (χ4n) is 5.56. The normalized spacial score (nSPS) is 21.4. The van der Waals surface area contributed by atoms with Crippen LogP contribution in [0.4, 0.5) is 0 Å². The maximum absolute atomic E-state index is 14.6. The van der Waals surface area contributed by atoms with Crippen LogP contribution in [0.1, 0.15) is 36.1 Å². The molecule has 9 heteroatoms. The van der Waals surface area contributed by atoms with Crippen molar-refractivity contribution in [2.75, 3.05) is 19.8 Å². The van der Waals surface area contributed by atoms with Crippen LogP contribution in [0.5, 0.6) is 0 Å². The van der Waals surface area contributed by atoms with Gasteiger partial charge in [0.15, 0.2) is 5.85 Å². The summed E-state index contributed by atoms with van der Waals surface area (Å²) in [6.45, 7) is 5.24. The van der Waals surface area contributed by atoms with Crippen molar-refractivity contribution in [3.63, 3.8) is 0 Å². The minimum absolute atomic E-state index is 0.152. The molecule has 0 radical (unpaired) electrons. The number of hydrogen-bond acceptors (Lipinski definition) is 8. The second-order valence-electron chi connectivity index (χ2n) is 11.2. The average Bonchev–Trinajstić information content (AvgIpc) is 3.11. The van der Waals surface area contributed by atoms with Gasteiger partial charge in [0.25, 0.3) is 0 Å². The highest BCUT2D eigenvalue weighted by Gasteiger charge is 2.56. The summed E-state index contributed by atoms with van der Waals surface area (Å²) in [7, 11) is -3.87. The largest absolute Gasteiger partial charge is 0.374 e. The van der Waals surface area contributed by atoms with E-state index >= 15 is 0 Å². The van der Waals surface area contributed by atoms with Crippen LogP contribution in [0, 0.1) is 0 Å². The van der Waals surface area contributed by atoms with Crippen molar-refractivity contribution in [1.29, 1.82) is 0 Å². The van der Waals surface area contributed by atoms with Crippen molar-refractivity contribution in [3.8, 4) is 0 Å². The van der Waals surface area contributed by atoms with Gasteiger partial charge in [-0.15, -0.1) is 0 Å². The molecule has 5 rings (SSSR count). The molecule has 0 N–H and O–H groups in total. The molecule has 1 aliphatic rings. The van der Waals surface area contributed by atoms with Crippen LogP contribution < -0.4 is 0 Å². The number of benzene rings is 4. The van der Waals surface area contributed by atoms with E-state index in [1.165, 1.54) is 0 Å². The van der Waals surface area contributed by atoms with Gasteiger partial charge in [-0.25, -0.2) is 0 Å². The summed E-state index contributed by atoms with van der Waals surface area (Å²) >= 11 is 0. The van der Waals surface area contributed by atoms with Gasteiger partial charge >= 0.3 is 7.60 Å². The lowest BCUT2D eigenvalue weighted by molar-refractivity contribution is -0.259. The summed E-state index contributed by atoms with van der Waals surface area (Å²) < 4.78 is 59.3. The zero-order valence-electron chi connectivity index (χ0n) is 27.1. The molecule has 0 bridgehead atoms. The van der Waals surface area contributed by atoms with Gasteiger partial charge in [0.05, 0.1) is 46.2 Å². The zero-order chi connectivity index (χ0) is 32.7. The molecule has 4 aromatic rings. The monoisotopic (exact) mass is 660 g/mol. The Kier molecular flexibility index (Phi) is 13.8. The first kappa shape index (κ1) is 35.1. The van der Waals surface area contributed by atoms with E-state index < -0.39 is 37.9 Å². The SMILES string of the molecule is CCOP(=O)(OCC)[C@@H]1O[C@H](COCc2ccccc2)[C@@H](OCc2ccccc2)[C@H](OCc2ccccc2)[C@@H]1OCc1ccccc1. The summed E-state index contributed by atoms with van der Waals surface area (Å²) in [5.74, 6) is -1.10. The Balaban J connectivity index is 1.51. The van der Waals surface area contributed by atoms with Crippen LogP contribution in [0.15, 0.2) is 121 Å². The van der Waals surface area contributed by atoms with Gasteiger partial charge in [0, 0.05) is 0 Å². The molecule has 8 nitrogen and oxygen atoms in total. The molecule has 0 aromatic heterocycles. The first-order chi connectivity index (χ1) is 23.1. The van der Waals surface area contributed by atoms with Gasteiger partial charge in [-0.3, -0.25) is 4.57 Å². The third-order valence-corrected chi connectivity index (χ3v) is 10.1. The van der Waals surface area contributed by atoms with Crippen LogP contribution in [0.2, 0.25) is 0 Å². The van der Waals surface area contributed by atoms with E-state index in [4.69, 9.17) is 32.7 Å². The first-order valence-electron chi connectivity index (χ1n) is 16.2. The topological polar surface area (TPSA) is 81.7 Å². The van der Waals surface area contributed by atoms with Crippen LogP contribution >= 0.6 is 7.60 Å². The predicted octanol–water partition coefficient (Wildman–Crippen LogP) is 7.95. The third-order valence-electron chi connectivity index (χ3n) is 7.79. The highest BCUT2D eigenvalue weighted by Crippen LogP contribution is 2.58. The molecule has 1 aliphatic heterocycles. The van der Waals surface area contributed by atoms with Gasteiger partial charge in [-0.1, -0.05) is 121 Å². The molecule has 5 atom stereocenters. The lowest BCUT2D eigenvalue weighted by Crippen LogP contribution is -2.61. The second-order valence-corrected chi connectivity index (χ2v) is 13.3. The smallest absolute Gasteiger partial charge is 0.361 e. The molecule has 0 aliphatic carbocycles. The maximum Gasteiger partial charge on any atom is 0.361 e. The molecule has 0 unspecified atom stereocenters. The Labute approximate surface area is 278 Å². The molecule has 0 amide bonds. The lowest BCUT2D eigenvalue weighted by Gasteiger charge is -2.47. The van der Waals surface area contributed by atoms with E-state index in [1.807, 2.05) is 121 Å². The van der Waals surface area contributed by atoms with E-state index in [1.54, 1.807) is 13.8 Å². The Morgan fingerprint density at radius 2 is 0.915 bits per heavy atom. The van der Waals surface area contributed by atoms with Gasteiger partial charge in [0.2, 0.25) is 0 Å². The third kappa shape index (κ3) is 10.2. The molecule has 1 saturated heterocycles. The Hall–Kier alpha value is -3.17. The van der Waals surface area contributed by atoms with Gasteiger partial charge in [-0.05, 0) is 36.1 Å². The van der Waals surface area contributed by atoms with Crippen molar-refractivity contribution >= 4 is 7.60 Å². The highest BCUT2D eigenvalue weighted by molar-refractivity contribution is 7.54. The van der Waals surface area contributed by atoms with Crippen LogP contribution in [0.3, 0.4) is 0 Å². The molecule has 1 heterocycles. The summed E-state index contributed by atoms with van der Waals surface area (Å²) in [5, 5.41) is 0. The van der Waals surface area contributed by atoms with E-state index in [0.29, 0.717) is 13.2 Å². The number of hydrogen-bond donors (Lipinski definition) is 0. The highest BCUT2D eigenvalue weighted by atomic mass is 31.2. The summed E-state index contributed by atoms with van der Waals surface area (Å²) in [6, 6.07) is 39.6. The number of rotatable bonds is 18. The quantitative estimate of drug-likeness (QED) is 0.0996. The molecule has 4 aromatic carbocycles. The summed E-state index contributed by atoms with van der Waals surface area (Å²) in [6.07, 6.45) is -2.92. The standard InChI is InChI=1S/C38H45O8P/c1-3-44-47(39,45-4-2)38-37(43-28-33-23-15-8-16-24-33)36(42-27-32-21-13-7-14-22-32)35(41-26-31-19-11-6-12-20-31)34(46-38)29-40-25-30-17-9-5-10-18-30/h5-24,34-38H,3-4,25-29H2,1-2H3/t34-,35-,36+,37+,38+/m1/s1.